The van der Waals surface area contributed by atoms with Crippen molar-refractivity contribution in [2.24, 2.45) is 0 Å². The average molecular weight is 243 g/mol. The summed E-state index contributed by atoms with van der Waals surface area (Å²) in [7, 11) is 0. The standard InChI is InChI=1S/C16H15Cl/c1-3-4-5-6-7-8-10-14(2)15-11-9-12-16(17)13-15/h3-13H,1-2H2/b5-4-,7-6-,10-8-. The van der Waals surface area contributed by atoms with Gasteiger partial charge in [-0.1, -0.05) is 79.4 Å². The molecule has 0 spiro atoms. The molecule has 1 aromatic carbocycles. The van der Waals surface area contributed by atoms with E-state index in [-0.39, 0.29) is 0 Å². The number of rotatable bonds is 5. The Kier molecular flexibility index (Phi) is 5.84. The molecule has 0 bridgehead atoms. The highest BCUT2D eigenvalue weighted by Gasteiger charge is 1.94. The summed E-state index contributed by atoms with van der Waals surface area (Å²) in [5, 5.41) is 0.724. The molecule has 0 radical (unpaired) electrons. The van der Waals surface area contributed by atoms with E-state index in [9.17, 15) is 0 Å². The molecule has 0 N–H and O–H groups in total. The van der Waals surface area contributed by atoms with Crippen molar-refractivity contribution in [2.45, 2.75) is 0 Å². The predicted molar refractivity (Wildman–Crippen MR) is 78.1 cm³/mol. The third-order valence-corrected chi connectivity index (χ3v) is 2.31. The lowest BCUT2D eigenvalue weighted by atomic mass is 10.1. The Hall–Kier alpha value is -1.79. The molecule has 0 aliphatic rings. The van der Waals surface area contributed by atoms with E-state index >= 15 is 0 Å². The first-order valence-electron chi connectivity index (χ1n) is 5.31. The number of hydrogen-bond acceptors (Lipinski definition) is 0. The van der Waals surface area contributed by atoms with Crippen LogP contribution < -0.4 is 0 Å². The first-order valence-corrected chi connectivity index (χ1v) is 5.69. The average Bonchev–Trinajstić information content (AvgIpc) is 2.33. The molecule has 17 heavy (non-hydrogen) atoms. The highest BCUT2D eigenvalue weighted by atomic mass is 35.5. The zero-order valence-electron chi connectivity index (χ0n) is 9.64. The van der Waals surface area contributed by atoms with E-state index in [0.29, 0.717) is 0 Å². The van der Waals surface area contributed by atoms with Crippen LogP contribution in [-0.2, 0) is 0 Å². The summed E-state index contributed by atoms with van der Waals surface area (Å²) in [5.74, 6) is 0. The van der Waals surface area contributed by atoms with Gasteiger partial charge in [-0.2, -0.15) is 0 Å². The fourth-order valence-electron chi connectivity index (χ4n) is 1.23. The Labute approximate surface area is 108 Å². The van der Waals surface area contributed by atoms with Crippen LogP contribution in [0.15, 0.2) is 80.0 Å². The van der Waals surface area contributed by atoms with Gasteiger partial charge in [-0.15, -0.1) is 0 Å². The highest BCUT2D eigenvalue weighted by Crippen LogP contribution is 2.18. The molecule has 0 nitrogen and oxygen atoms in total. The van der Waals surface area contributed by atoms with Crippen LogP contribution in [-0.4, -0.2) is 0 Å². The summed E-state index contributed by atoms with van der Waals surface area (Å²) < 4.78 is 0. The number of benzene rings is 1. The first kappa shape index (κ1) is 13.3. The zero-order chi connectivity index (χ0) is 12.5. The van der Waals surface area contributed by atoms with Gasteiger partial charge >= 0.3 is 0 Å². The zero-order valence-corrected chi connectivity index (χ0v) is 10.4. The van der Waals surface area contributed by atoms with Crippen LogP contribution in [0.4, 0.5) is 0 Å². The largest absolute Gasteiger partial charge is 0.0991 e. The third kappa shape index (κ3) is 5.19. The quantitative estimate of drug-likeness (QED) is 0.622. The van der Waals surface area contributed by atoms with Gasteiger partial charge in [0.15, 0.2) is 0 Å². The molecule has 0 aromatic heterocycles. The van der Waals surface area contributed by atoms with Crippen LogP contribution in [0.3, 0.4) is 0 Å². The predicted octanol–water partition coefficient (Wildman–Crippen LogP) is 5.21. The number of hydrogen-bond donors (Lipinski definition) is 0. The molecule has 1 aromatic rings. The van der Waals surface area contributed by atoms with Gasteiger partial charge < -0.3 is 0 Å². The van der Waals surface area contributed by atoms with Crippen LogP contribution in [0.2, 0.25) is 5.02 Å². The molecule has 0 atom stereocenters. The summed E-state index contributed by atoms with van der Waals surface area (Å²) >= 11 is 5.91. The van der Waals surface area contributed by atoms with Crippen LogP contribution in [0.5, 0.6) is 0 Å². The third-order valence-electron chi connectivity index (χ3n) is 2.07. The van der Waals surface area contributed by atoms with Crippen molar-refractivity contribution >= 4 is 17.2 Å². The fraction of sp³-hybridized carbons (Fsp3) is 0. The lowest BCUT2D eigenvalue weighted by Crippen LogP contribution is -1.77. The number of halogens is 1. The summed E-state index contributed by atoms with van der Waals surface area (Å²) in [6, 6.07) is 7.65. The van der Waals surface area contributed by atoms with E-state index in [1.807, 2.05) is 60.7 Å². The minimum atomic E-state index is 0.724. The van der Waals surface area contributed by atoms with Crippen molar-refractivity contribution in [2.75, 3.05) is 0 Å². The van der Waals surface area contributed by atoms with E-state index in [2.05, 4.69) is 13.2 Å². The molecule has 0 aliphatic carbocycles. The Morgan fingerprint density at radius 1 is 1.06 bits per heavy atom. The molecule has 0 saturated carbocycles. The topological polar surface area (TPSA) is 0 Å². The maximum absolute atomic E-state index is 5.91. The van der Waals surface area contributed by atoms with Crippen molar-refractivity contribution in [1.82, 2.24) is 0 Å². The maximum Gasteiger partial charge on any atom is 0.0412 e. The lowest BCUT2D eigenvalue weighted by molar-refractivity contribution is 1.63. The maximum atomic E-state index is 5.91. The van der Waals surface area contributed by atoms with Gasteiger partial charge in [0.05, 0.1) is 0 Å². The first-order chi connectivity index (χ1) is 8.24. The summed E-state index contributed by atoms with van der Waals surface area (Å²) in [5.41, 5.74) is 1.97. The molecule has 0 heterocycles. The van der Waals surface area contributed by atoms with E-state index in [0.717, 1.165) is 16.2 Å². The molecule has 0 amide bonds. The van der Waals surface area contributed by atoms with Gasteiger partial charge in [-0.3, -0.25) is 0 Å². The van der Waals surface area contributed by atoms with Crippen LogP contribution >= 0.6 is 11.6 Å². The van der Waals surface area contributed by atoms with Crippen molar-refractivity contribution in [3.63, 3.8) is 0 Å². The van der Waals surface area contributed by atoms with Crippen LogP contribution in [0, 0.1) is 0 Å². The molecule has 86 valence electrons. The van der Waals surface area contributed by atoms with Gasteiger partial charge in [0.1, 0.15) is 0 Å². The van der Waals surface area contributed by atoms with Gasteiger partial charge in [-0.25, -0.2) is 0 Å². The second kappa shape index (κ2) is 7.48. The van der Waals surface area contributed by atoms with Crippen LogP contribution in [0.25, 0.3) is 5.57 Å². The molecule has 1 rings (SSSR count). The van der Waals surface area contributed by atoms with Gasteiger partial charge in [0.2, 0.25) is 0 Å². The van der Waals surface area contributed by atoms with Crippen molar-refractivity contribution in [1.29, 1.82) is 0 Å². The normalized spacial score (nSPS) is 11.6. The summed E-state index contributed by atoms with van der Waals surface area (Å²) in [6.07, 6.45) is 13.3. The molecular weight excluding hydrogens is 228 g/mol. The fourth-order valence-corrected chi connectivity index (χ4v) is 1.42. The SMILES string of the molecule is C=C\C=C/C=C\C=C/C(=C)c1cccc(Cl)c1. The molecule has 0 fully saturated rings. The van der Waals surface area contributed by atoms with Crippen molar-refractivity contribution < 1.29 is 0 Å². The van der Waals surface area contributed by atoms with Crippen molar-refractivity contribution in [3.8, 4) is 0 Å². The molecule has 1 heteroatoms. The van der Waals surface area contributed by atoms with E-state index < -0.39 is 0 Å². The minimum Gasteiger partial charge on any atom is -0.0991 e. The summed E-state index contributed by atoms with van der Waals surface area (Å²) in [4.78, 5) is 0. The highest BCUT2D eigenvalue weighted by molar-refractivity contribution is 6.30. The molecule has 0 saturated heterocycles. The second-order valence-electron chi connectivity index (χ2n) is 3.40. The Morgan fingerprint density at radius 3 is 2.47 bits per heavy atom. The summed E-state index contributed by atoms with van der Waals surface area (Å²) in [6.45, 7) is 7.58. The Balaban J connectivity index is 2.60. The van der Waals surface area contributed by atoms with Gasteiger partial charge in [-0.05, 0) is 23.3 Å². The van der Waals surface area contributed by atoms with Crippen molar-refractivity contribution in [3.05, 3.63) is 90.5 Å². The Bertz CT molecular complexity index is 476. The smallest absolute Gasteiger partial charge is 0.0412 e. The second-order valence-corrected chi connectivity index (χ2v) is 3.84. The minimum absolute atomic E-state index is 0.724. The van der Waals surface area contributed by atoms with E-state index in [4.69, 9.17) is 11.6 Å². The number of allylic oxidation sites excluding steroid dienone is 8. The molecule has 0 aliphatic heterocycles. The van der Waals surface area contributed by atoms with Gasteiger partial charge in [0, 0.05) is 5.02 Å². The Morgan fingerprint density at radius 2 is 1.76 bits per heavy atom. The van der Waals surface area contributed by atoms with Crippen LogP contribution in [0.1, 0.15) is 5.56 Å². The van der Waals surface area contributed by atoms with E-state index in [1.54, 1.807) is 6.08 Å². The molecular formula is C16H15Cl. The van der Waals surface area contributed by atoms with Gasteiger partial charge in [0.25, 0.3) is 0 Å². The monoisotopic (exact) mass is 242 g/mol. The lowest BCUT2D eigenvalue weighted by Gasteiger charge is -1.99. The van der Waals surface area contributed by atoms with E-state index in [1.165, 1.54) is 0 Å². The molecule has 0 unspecified atom stereocenters.